The Balaban J connectivity index is 1.18. The Kier molecular flexibility index (Phi) is 5.85. The van der Waals surface area contributed by atoms with E-state index >= 15 is 4.39 Å². The van der Waals surface area contributed by atoms with Crippen LogP contribution in [0.1, 0.15) is 66.2 Å². The first-order chi connectivity index (χ1) is 17.7. The number of piperidine rings is 1. The number of nitrogens with zero attached hydrogens (tertiary/aromatic N) is 3. The maximum atomic E-state index is 15.1. The Bertz CT molecular complexity index is 1290. The summed E-state index contributed by atoms with van der Waals surface area (Å²) in [6.07, 6.45) is 1.81. The zero-order chi connectivity index (χ0) is 25.8. The van der Waals surface area contributed by atoms with Crippen LogP contribution in [-0.4, -0.2) is 57.9 Å². The van der Waals surface area contributed by atoms with Crippen molar-refractivity contribution in [2.45, 2.75) is 62.3 Å². The number of carbonyl (C=O) groups is 1. The number of amides is 1. The first-order valence-electron chi connectivity index (χ1n) is 12.5. The lowest BCUT2D eigenvalue weighted by Gasteiger charge is -2.44. The Labute approximate surface area is 210 Å². The second kappa shape index (κ2) is 8.97. The van der Waals surface area contributed by atoms with Crippen LogP contribution in [0.5, 0.6) is 5.75 Å². The molecule has 1 aliphatic carbocycles. The topological polar surface area (TPSA) is 80.3 Å². The number of nitrogens with one attached hydrogen (secondary N) is 1. The fraction of sp³-hybridized carbons (Fsp3) is 0.500. The summed E-state index contributed by atoms with van der Waals surface area (Å²) < 4.78 is 62.1. The van der Waals surface area contributed by atoms with Gasteiger partial charge in [0.05, 0.1) is 29.8 Å². The third-order valence-electron chi connectivity index (χ3n) is 8.02. The van der Waals surface area contributed by atoms with E-state index in [9.17, 15) is 18.0 Å². The number of rotatable bonds is 4. The van der Waals surface area contributed by atoms with Gasteiger partial charge in [-0.2, -0.15) is 0 Å². The molecule has 7 nitrogen and oxygen atoms in total. The molecule has 3 saturated heterocycles. The number of imidazole rings is 1. The molecule has 1 saturated carbocycles. The van der Waals surface area contributed by atoms with Crippen LogP contribution in [0.25, 0.3) is 11.2 Å². The molecule has 7 rings (SSSR count). The monoisotopic (exact) mass is 518 g/mol. The van der Waals surface area contributed by atoms with Crippen LogP contribution in [0.3, 0.4) is 0 Å². The highest BCUT2D eigenvalue weighted by Crippen LogP contribution is 2.45. The second-order valence-electron chi connectivity index (χ2n) is 10.2. The van der Waals surface area contributed by atoms with Gasteiger partial charge in [0, 0.05) is 24.2 Å². The highest BCUT2D eigenvalue weighted by atomic mass is 19.4. The fourth-order valence-electron chi connectivity index (χ4n) is 5.99. The van der Waals surface area contributed by atoms with Gasteiger partial charge in [0.25, 0.3) is 5.91 Å². The molecule has 2 aromatic heterocycles. The molecule has 11 heteroatoms. The van der Waals surface area contributed by atoms with Crippen molar-refractivity contribution in [2.24, 2.45) is 0 Å². The summed E-state index contributed by atoms with van der Waals surface area (Å²) in [7, 11) is 0. The number of ether oxygens (including phenoxy) is 2. The van der Waals surface area contributed by atoms with Crippen molar-refractivity contribution in [1.82, 2.24) is 19.9 Å². The second-order valence-corrected chi connectivity index (χ2v) is 10.2. The first-order valence-corrected chi connectivity index (χ1v) is 12.5. The number of hydrogen-bond donors (Lipinski definition) is 1. The minimum Gasteiger partial charge on any atom is -0.406 e. The molecule has 196 valence electrons. The molecular weight excluding hydrogens is 492 g/mol. The van der Waals surface area contributed by atoms with Crippen LogP contribution in [0.4, 0.5) is 17.6 Å². The number of carbonyl (C=O) groups excluding carboxylic acids is 1. The number of fused-ring (bicyclic) bond motifs is 4. The molecule has 0 atom stereocenters. The summed E-state index contributed by atoms with van der Waals surface area (Å²) in [6, 6.07) is 4.87. The van der Waals surface area contributed by atoms with E-state index in [1.54, 1.807) is 4.90 Å². The minimum absolute atomic E-state index is 0.124. The zero-order valence-corrected chi connectivity index (χ0v) is 20.0. The van der Waals surface area contributed by atoms with E-state index < -0.39 is 12.2 Å². The molecule has 3 aromatic rings. The SMILES string of the molecule is O=C(c1ccc(OC(F)(F)F)cc1)N1CCC(c2c(F)cnc3nc(C45CCC(CC4)OC5)[nH]c23)CC1. The summed E-state index contributed by atoms with van der Waals surface area (Å²) in [5, 5.41) is 0. The van der Waals surface area contributed by atoms with Gasteiger partial charge in [0.2, 0.25) is 0 Å². The predicted molar refractivity (Wildman–Crippen MR) is 125 cm³/mol. The first kappa shape index (κ1) is 24.1. The summed E-state index contributed by atoms with van der Waals surface area (Å²) in [4.78, 5) is 27.0. The van der Waals surface area contributed by atoms with Gasteiger partial charge < -0.3 is 19.4 Å². The molecule has 0 unspecified atom stereocenters. The van der Waals surface area contributed by atoms with Crippen molar-refractivity contribution >= 4 is 17.1 Å². The number of alkyl halides is 3. The van der Waals surface area contributed by atoms with Crippen LogP contribution in [0, 0.1) is 5.82 Å². The Morgan fingerprint density at radius 2 is 1.81 bits per heavy atom. The highest BCUT2D eigenvalue weighted by Gasteiger charge is 2.45. The van der Waals surface area contributed by atoms with Crippen LogP contribution in [0.2, 0.25) is 0 Å². The minimum atomic E-state index is -4.79. The van der Waals surface area contributed by atoms with E-state index in [2.05, 4.69) is 14.7 Å². The zero-order valence-electron chi connectivity index (χ0n) is 20.0. The number of H-pyrrole nitrogens is 1. The largest absolute Gasteiger partial charge is 0.573 e. The maximum Gasteiger partial charge on any atom is 0.573 e. The van der Waals surface area contributed by atoms with Gasteiger partial charge >= 0.3 is 6.36 Å². The molecule has 1 aromatic carbocycles. The molecule has 4 fully saturated rings. The van der Waals surface area contributed by atoms with Crippen molar-refractivity contribution in [2.75, 3.05) is 19.7 Å². The molecule has 0 radical (unpaired) electrons. The van der Waals surface area contributed by atoms with Gasteiger partial charge in [-0.25, -0.2) is 14.4 Å². The molecule has 0 spiro atoms. The van der Waals surface area contributed by atoms with Crippen molar-refractivity contribution < 1.29 is 31.8 Å². The molecule has 4 aliphatic rings. The van der Waals surface area contributed by atoms with Gasteiger partial charge in [-0.05, 0) is 68.7 Å². The van der Waals surface area contributed by atoms with E-state index in [1.165, 1.54) is 18.3 Å². The van der Waals surface area contributed by atoms with Gasteiger partial charge in [-0.15, -0.1) is 13.2 Å². The summed E-state index contributed by atoms with van der Waals surface area (Å²) in [5.41, 5.74) is 1.74. The maximum absolute atomic E-state index is 15.1. The lowest BCUT2D eigenvalue weighted by atomic mass is 9.71. The van der Waals surface area contributed by atoms with Crippen LogP contribution < -0.4 is 4.74 Å². The number of pyridine rings is 1. The highest BCUT2D eigenvalue weighted by molar-refractivity contribution is 5.94. The van der Waals surface area contributed by atoms with Gasteiger partial charge in [0.1, 0.15) is 17.4 Å². The fourth-order valence-corrected chi connectivity index (χ4v) is 5.99. The number of halogens is 4. The van der Waals surface area contributed by atoms with Crippen molar-refractivity contribution in [1.29, 1.82) is 0 Å². The van der Waals surface area contributed by atoms with E-state index in [0.717, 1.165) is 43.6 Å². The smallest absolute Gasteiger partial charge is 0.406 e. The number of likely N-dealkylation sites (tertiary alicyclic amines) is 1. The normalized spacial score (nSPS) is 24.5. The van der Waals surface area contributed by atoms with E-state index in [1.807, 2.05) is 0 Å². The molecule has 1 N–H and O–H groups in total. The molecule has 3 aliphatic heterocycles. The lowest BCUT2D eigenvalue weighted by molar-refractivity contribution is -0.274. The quantitative estimate of drug-likeness (QED) is 0.479. The molecule has 37 heavy (non-hydrogen) atoms. The molecular formula is C26H26F4N4O3. The van der Waals surface area contributed by atoms with Crippen LogP contribution in [0.15, 0.2) is 30.5 Å². The Hall–Kier alpha value is -3.21. The van der Waals surface area contributed by atoms with E-state index in [0.29, 0.717) is 55.4 Å². The Morgan fingerprint density at radius 1 is 1.11 bits per heavy atom. The van der Waals surface area contributed by atoms with E-state index in [-0.39, 0.29) is 28.6 Å². The van der Waals surface area contributed by atoms with Gasteiger partial charge in [-0.1, -0.05) is 0 Å². The van der Waals surface area contributed by atoms with E-state index in [4.69, 9.17) is 9.72 Å². The molecule has 5 heterocycles. The number of aromatic nitrogens is 3. The molecule has 2 bridgehead atoms. The standard InChI is InChI=1S/C26H26F4N4O3/c27-19-13-31-22-21(32-24(33-22)25-9-5-17(6-10-25)36-14-25)20(19)15-7-11-34(12-8-15)23(35)16-1-3-18(4-2-16)37-26(28,29)30/h1-4,13,15,17H,5-12,14H2,(H,31,32,33). The number of hydrogen-bond acceptors (Lipinski definition) is 5. The Morgan fingerprint density at radius 3 is 2.43 bits per heavy atom. The summed E-state index contributed by atoms with van der Waals surface area (Å²) in [5.74, 6) is -0.375. The van der Waals surface area contributed by atoms with Crippen molar-refractivity contribution in [3.05, 3.63) is 53.2 Å². The average molecular weight is 519 g/mol. The molecule has 1 amide bonds. The lowest BCUT2D eigenvalue weighted by Crippen LogP contribution is -2.46. The van der Waals surface area contributed by atoms with Crippen LogP contribution >= 0.6 is 0 Å². The summed E-state index contributed by atoms with van der Waals surface area (Å²) in [6.45, 7) is 1.40. The number of benzene rings is 1. The third kappa shape index (κ3) is 4.54. The van der Waals surface area contributed by atoms with Gasteiger partial charge in [0.15, 0.2) is 5.65 Å². The predicted octanol–water partition coefficient (Wildman–Crippen LogP) is 5.23. The average Bonchev–Trinajstić information content (AvgIpc) is 3.34. The number of aromatic amines is 1. The van der Waals surface area contributed by atoms with Crippen LogP contribution in [-0.2, 0) is 10.2 Å². The summed E-state index contributed by atoms with van der Waals surface area (Å²) >= 11 is 0. The van der Waals surface area contributed by atoms with Crippen molar-refractivity contribution in [3.63, 3.8) is 0 Å². The third-order valence-corrected chi connectivity index (χ3v) is 8.02. The van der Waals surface area contributed by atoms with Crippen molar-refractivity contribution in [3.8, 4) is 5.75 Å². The van der Waals surface area contributed by atoms with Gasteiger partial charge in [-0.3, -0.25) is 4.79 Å².